The summed E-state index contributed by atoms with van der Waals surface area (Å²) in [5.74, 6) is -0.0993. The summed E-state index contributed by atoms with van der Waals surface area (Å²) in [7, 11) is 1.49. The molecule has 10 heteroatoms. The van der Waals surface area contributed by atoms with E-state index >= 15 is 0 Å². The van der Waals surface area contributed by atoms with Gasteiger partial charge in [-0.3, -0.25) is 14.9 Å². The Hall–Kier alpha value is -4.60. The van der Waals surface area contributed by atoms with Crippen LogP contribution in [0.1, 0.15) is 16.7 Å². The van der Waals surface area contributed by atoms with Gasteiger partial charge in [-0.15, -0.1) is 0 Å². The maximum atomic E-state index is 13.4. The van der Waals surface area contributed by atoms with E-state index in [9.17, 15) is 14.4 Å². The molecule has 5 rings (SSSR count). The van der Waals surface area contributed by atoms with Crippen LogP contribution >= 0.6 is 27.5 Å². The number of anilines is 1. The lowest BCUT2D eigenvalue weighted by molar-refractivity contribution is -0.122. The second-order valence-corrected chi connectivity index (χ2v) is 10.5. The lowest BCUT2D eigenvalue weighted by atomic mass is 10.1. The van der Waals surface area contributed by atoms with Crippen LogP contribution in [-0.2, 0) is 22.8 Å². The quantitative estimate of drug-likeness (QED) is 0.156. The minimum atomic E-state index is -0.839. The Morgan fingerprint density at radius 3 is 2.12 bits per heavy atom. The van der Waals surface area contributed by atoms with Crippen molar-refractivity contribution < 1.29 is 28.6 Å². The third kappa shape index (κ3) is 6.82. The lowest BCUT2D eigenvalue weighted by Crippen LogP contribution is -2.54. The summed E-state index contributed by atoms with van der Waals surface area (Å²) in [6, 6.07) is 25.7. The van der Waals surface area contributed by atoms with Gasteiger partial charge in [0.2, 0.25) is 0 Å². The van der Waals surface area contributed by atoms with Crippen LogP contribution in [0.2, 0.25) is 5.02 Å². The van der Waals surface area contributed by atoms with Gasteiger partial charge in [-0.25, -0.2) is 9.69 Å². The van der Waals surface area contributed by atoms with Crippen LogP contribution in [0, 0.1) is 0 Å². The van der Waals surface area contributed by atoms with E-state index in [1.807, 2.05) is 36.4 Å². The maximum absolute atomic E-state index is 13.4. The Kier molecular flexibility index (Phi) is 8.90. The van der Waals surface area contributed by atoms with Gasteiger partial charge in [-0.05, 0) is 83.4 Å². The highest BCUT2D eigenvalue weighted by Gasteiger charge is 2.36. The van der Waals surface area contributed by atoms with Crippen LogP contribution in [0.3, 0.4) is 0 Å². The molecule has 0 spiro atoms. The second kappa shape index (κ2) is 12.9. The smallest absolute Gasteiger partial charge is 0.335 e. The van der Waals surface area contributed by atoms with Gasteiger partial charge < -0.3 is 14.2 Å². The maximum Gasteiger partial charge on any atom is 0.335 e. The standard InChI is InChI=1S/C32H24BrClN2O6/c1-40-29-17-22(6-15-28(29)42-19-21-4-9-24(34)10-5-21)16-27-30(37)35-32(39)36(31(27)38)25-11-13-26(14-12-25)41-18-20-2-7-23(33)8-3-20/h2-17H,18-19H2,1H3,(H,35,37,39)/b27-16+. The van der Waals surface area contributed by atoms with Crippen molar-refractivity contribution in [3.8, 4) is 17.2 Å². The number of methoxy groups -OCH3 is 1. The number of hydrogen-bond donors (Lipinski definition) is 1. The molecule has 1 fully saturated rings. The van der Waals surface area contributed by atoms with E-state index in [-0.39, 0.29) is 11.3 Å². The average Bonchev–Trinajstić information content (AvgIpc) is 2.99. The molecule has 212 valence electrons. The minimum absolute atomic E-state index is 0.206. The van der Waals surface area contributed by atoms with Crippen molar-refractivity contribution in [2.24, 2.45) is 0 Å². The molecular weight excluding hydrogens is 624 g/mol. The van der Waals surface area contributed by atoms with Gasteiger partial charge in [0.15, 0.2) is 11.5 Å². The second-order valence-electron chi connectivity index (χ2n) is 9.19. The van der Waals surface area contributed by atoms with Gasteiger partial charge in [-0.2, -0.15) is 0 Å². The Bertz CT molecular complexity index is 1650. The number of imide groups is 2. The number of carbonyl (C=O) groups is 3. The Morgan fingerprint density at radius 2 is 1.45 bits per heavy atom. The molecule has 0 bridgehead atoms. The monoisotopic (exact) mass is 646 g/mol. The van der Waals surface area contributed by atoms with Crippen LogP contribution in [0.15, 0.2) is 101 Å². The zero-order valence-corrected chi connectivity index (χ0v) is 24.6. The average molecular weight is 648 g/mol. The van der Waals surface area contributed by atoms with Gasteiger partial charge in [0.05, 0.1) is 12.8 Å². The molecular formula is C32H24BrClN2O6. The number of nitrogens with one attached hydrogen (secondary N) is 1. The Labute approximate surface area is 255 Å². The van der Waals surface area contributed by atoms with Gasteiger partial charge >= 0.3 is 6.03 Å². The van der Waals surface area contributed by atoms with E-state index in [0.29, 0.717) is 41.0 Å². The van der Waals surface area contributed by atoms with E-state index < -0.39 is 17.8 Å². The van der Waals surface area contributed by atoms with Crippen molar-refractivity contribution in [3.63, 3.8) is 0 Å². The molecule has 8 nitrogen and oxygen atoms in total. The molecule has 0 unspecified atom stereocenters. The largest absolute Gasteiger partial charge is 0.493 e. The summed E-state index contributed by atoms with van der Waals surface area (Å²) in [5.41, 5.74) is 2.50. The first-order valence-corrected chi connectivity index (χ1v) is 13.9. The fourth-order valence-corrected chi connectivity index (χ4v) is 4.52. The SMILES string of the molecule is COc1cc(/C=C2\C(=O)NC(=O)N(c3ccc(OCc4ccc(Br)cc4)cc3)C2=O)ccc1OCc1ccc(Cl)cc1. The summed E-state index contributed by atoms with van der Waals surface area (Å²) >= 11 is 9.34. The van der Waals surface area contributed by atoms with Crippen molar-refractivity contribution in [1.82, 2.24) is 5.32 Å². The molecule has 0 aliphatic carbocycles. The highest BCUT2D eigenvalue weighted by Crippen LogP contribution is 2.31. The summed E-state index contributed by atoms with van der Waals surface area (Å²) in [6.07, 6.45) is 1.40. The highest BCUT2D eigenvalue weighted by atomic mass is 79.9. The first-order valence-electron chi connectivity index (χ1n) is 12.7. The number of barbiturate groups is 1. The summed E-state index contributed by atoms with van der Waals surface area (Å²) in [5, 5.41) is 2.87. The zero-order chi connectivity index (χ0) is 29.6. The molecule has 1 saturated heterocycles. The third-order valence-corrected chi connectivity index (χ3v) is 7.10. The van der Waals surface area contributed by atoms with Crippen LogP contribution in [-0.4, -0.2) is 25.0 Å². The molecule has 4 amide bonds. The molecule has 1 aliphatic rings. The molecule has 0 radical (unpaired) electrons. The summed E-state index contributed by atoms with van der Waals surface area (Å²) < 4.78 is 18.1. The first kappa shape index (κ1) is 28.9. The molecule has 1 heterocycles. The van der Waals surface area contributed by atoms with Crippen molar-refractivity contribution >= 4 is 57.1 Å². The number of benzene rings is 4. The minimum Gasteiger partial charge on any atom is -0.493 e. The number of amides is 4. The fraction of sp³-hybridized carbons (Fsp3) is 0.0938. The van der Waals surface area contributed by atoms with E-state index in [1.54, 1.807) is 54.6 Å². The molecule has 1 aliphatic heterocycles. The Morgan fingerprint density at radius 1 is 0.810 bits per heavy atom. The molecule has 0 atom stereocenters. The van der Waals surface area contributed by atoms with Gasteiger partial charge in [0.25, 0.3) is 11.8 Å². The molecule has 0 saturated carbocycles. The van der Waals surface area contributed by atoms with E-state index in [0.717, 1.165) is 20.5 Å². The number of urea groups is 1. The van der Waals surface area contributed by atoms with Gasteiger partial charge in [0.1, 0.15) is 24.5 Å². The highest BCUT2D eigenvalue weighted by molar-refractivity contribution is 9.10. The number of rotatable bonds is 9. The van der Waals surface area contributed by atoms with E-state index in [1.165, 1.54) is 13.2 Å². The normalized spacial score (nSPS) is 14.1. The van der Waals surface area contributed by atoms with Crippen molar-refractivity contribution in [2.75, 3.05) is 12.0 Å². The molecule has 1 N–H and O–H groups in total. The lowest BCUT2D eigenvalue weighted by Gasteiger charge is -2.26. The molecule has 4 aromatic carbocycles. The Balaban J connectivity index is 1.30. The van der Waals surface area contributed by atoms with Crippen molar-refractivity contribution in [3.05, 3.63) is 123 Å². The molecule has 4 aromatic rings. The number of nitrogens with zero attached hydrogens (tertiary/aromatic N) is 1. The van der Waals surface area contributed by atoms with E-state index in [2.05, 4.69) is 21.2 Å². The zero-order valence-electron chi connectivity index (χ0n) is 22.3. The van der Waals surface area contributed by atoms with Crippen molar-refractivity contribution in [1.29, 1.82) is 0 Å². The number of ether oxygens (including phenoxy) is 3. The fourth-order valence-electron chi connectivity index (χ4n) is 4.13. The number of halogens is 2. The molecule has 0 aromatic heterocycles. The first-order chi connectivity index (χ1) is 20.3. The third-order valence-electron chi connectivity index (χ3n) is 6.32. The summed E-state index contributed by atoms with van der Waals surface area (Å²) in [6.45, 7) is 0.644. The van der Waals surface area contributed by atoms with Crippen LogP contribution in [0.25, 0.3) is 6.08 Å². The van der Waals surface area contributed by atoms with Crippen LogP contribution in [0.4, 0.5) is 10.5 Å². The van der Waals surface area contributed by atoms with Crippen LogP contribution in [0.5, 0.6) is 17.2 Å². The number of carbonyl (C=O) groups excluding carboxylic acids is 3. The predicted octanol–water partition coefficient (Wildman–Crippen LogP) is 6.94. The van der Waals surface area contributed by atoms with Crippen molar-refractivity contribution in [2.45, 2.75) is 13.2 Å². The van der Waals surface area contributed by atoms with Gasteiger partial charge in [-0.1, -0.05) is 57.9 Å². The number of hydrogen-bond acceptors (Lipinski definition) is 6. The molecule has 42 heavy (non-hydrogen) atoms. The topological polar surface area (TPSA) is 94.2 Å². The van der Waals surface area contributed by atoms with Crippen LogP contribution < -0.4 is 24.4 Å². The summed E-state index contributed by atoms with van der Waals surface area (Å²) in [4.78, 5) is 39.6. The van der Waals surface area contributed by atoms with E-state index in [4.69, 9.17) is 25.8 Å². The predicted molar refractivity (Wildman–Crippen MR) is 163 cm³/mol. The van der Waals surface area contributed by atoms with Gasteiger partial charge in [0, 0.05) is 9.50 Å².